The van der Waals surface area contributed by atoms with Crippen LogP contribution >= 0.6 is 0 Å². The molecule has 0 aromatic heterocycles. The van der Waals surface area contributed by atoms with Crippen molar-refractivity contribution in [1.82, 2.24) is 4.90 Å². The normalized spacial score (nSPS) is 29.2. The molecular weight excluding hydrogens is 146 g/mol. The Hall–Kier alpha value is -0.720. The molecule has 0 aromatic carbocycles. The first kappa shape index (κ1) is 7.90. The lowest BCUT2D eigenvalue weighted by molar-refractivity contribution is 0.320. The molecule has 0 amide bonds. The summed E-state index contributed by atoms with van der Waals surface area (Å²) < 4.78 is 0. The van der Waals surface area contributed by atoms with Crippen LogP contribution in [0.5, 0.6) is 0 Å². The lowest BCUT2D eigenvalue weighted by Gasteiger charge is -2.29. The summed E-state index contributed by atoms with van der Waals surface area (Å²) in [6.45, 7) is 3.43. The molecule has 2 heterocycles. The van der Waals surface area contributed by atoms with E-state index in [4.69, 9.17) is 0 Å². The van der Waals surface area contributed by atoms with Gasteiger partial charge in [-0.05, 0) is 25.3 Å². The van der Waals surface area contributed by atoms with Crippen LogP contribution in [-0.4, -0.2) is 17.5 Å². The molecule has 0 aromatic rings. The molecule has 0 aliphatic carbocycles. The van der Waals surface area contributed by atoms with Gasteiger partial charge in [-0.2, -0.15) is 0 Å². The summed E-state index contributed by atoms with van der Waals surface area (Å²) in [6, 6.07) is 0.705. The highest BCUT2D eigenvalue weighted by molar-refractivity contribution is 5.22. The molecule has 1 unspecified atom stereocenters. The Kier molecular flexibility index (Phi) is 2.20. The maximum absolute atomic E-state index is 2.50. The highest BCUT2D eigenvalue weighted by atomic mass is 15.1. The van der Waals surface area contributed by atoms with Crippen LogP contribution in [0.1, 0.15) is 32.6 Å². The zero-order valence-electron chi connectivity index (χ0n) is 7.79. The van der Waals surface area contributed by atoms with Gasteiger partial charge in [-0.1, -0.05) is 25.0 Å². The van der Waals surface area contributed by atoms with E-state index in [1.165, 1.54) is 37.8 Å². The summed E-state index contributed by atoms with van der Waals surface area (Å²) in [5, 5.41) is 0. The third-order valence-electron chi connectivity index (χ3n) is 2.79. The second-order valence-corrected chi connectivity index (χ2v) is 3.89. The first-order valence-electron chi connectivity index (χ1n) is 4.98. The van der Waals surface area contributed by atoms with Gasteiger partial charge in [0.1, 0.15) is 0 Å². The molecule has 1 nitrogen and oxygen atoms in total. The van der Waals surface area contributed by atoms with Crippen molar-refractivity contribution in [3.63, 3.8) is 0 Å². The van der Waals surface area contributed by atoms with Crippen LogP contribution in [0.2, 0.25) is 0 Å². The molecule has 0 bridgehead atoms. The van der Waals surface area contributed by atoms with Crippen LogP contribution < -0.4 is 0 Å². The van der Waals surface area contributed by atoms with Gasteiger partial charge in [0, 0.05) is 18.8 Å². The Bertz CT molecular complexity index is 215. The molecule has 1 heteroatoms. The third kappa shape index (κ3) is 1.55. The summed E-state index contributed by atoms with van der Waals surface area (Å²) >= 11 is 0. The number of hydrogen-bond donors (Lipinski definition) is 0. The van der Waals surface area contributed by atoms with Gasteiger partial charge in [0.2, 0.25) is 0 Å². The van der Waals surface area contributed by atoms with E-state index in [9.17, 15) is 0 Å². The quantitative estimate of drug-likeness (QED) is 0.530. The summed E-state index contributed by atoms with van der Waals surface area (Å²) in [6.07, 6.45) is 12.5. The molecule has 0 radical (unpaired) electrons. The number of fused-ring (bicyclic) bond motifs is 1. The van der Waals surface area contributed by atoms with Crippen LogP contribution in [0.25, 0.3) is 0 Å². The van der Waals surface area contributed by atoms with E-state index in [2.05, 4.69) is 30.2 Å². The van der Waals surface area contributed by atoms with Gasteiger partial charge in [-0.25, -0.2) is 0 Å². The van der Waals surface area contributed by atoms with Crippen molar-refractivity contribution in [2.24, 2.45) is 0 Å². The SMILES string of the molecule is CC1=CN2CCCCCC2C=C1. The third-order valence-corrected chi connectivity index (χ3v) is 2.79. The standard InChI is InChI=1S/C11H17N/c1-10-6-7-11-5-3-2-4-8-12(11)9-10/h6-7,9,11H,2-5,8H2,1H3. The van der Waals surface area contributed by atoms with Gasteiger partial charge in [-0.3, -0.25) is 0 Å². The Morgan fingerprint density at radius 2 is 2.25 bits per heavy atom. The summed E-state index contributed by atoms with van der Waals surface area (Å²) in [4.78, 5) is 2.50. The first-order chi connectivity index (χ1) is 5.86. The van der Waals surface area contributed by atoms with Crippen molar-refractivity contribution in [2.75, 3.05) is 6.54 Å². The van der Waals surface area contributed by atoms with Crippen molar-refractivity contribution >= 4 is 0 Å². The molecule has 0 saturated carbocycles. The van der Waals surface area contributed by atoms with Crippen molar-refractivity contribution < 1.29 is 0 Å². The number of hydrogen-bond acceptors (Lipinski definition) is 1. The fourth-order valence-electron chi connectivity index (χ4n) is 2.09. The van der Waals surface area contributed by atoms with Crippen molar-refractivity contribution in [3.05, 3.63) is 23.9 Å². The minimum Gasteiger partial charge on any atom is -0.371 e. The second kappa shape index (κ2) is 3.34. The van der Waals surface area contributed by atoms with E-state index in [-0.39, 0.29) is 0 Å². The minimum atomic E-state index is 0.705. The highest BCUT2D eigenvalue weighted by Gasteiger charge is 2.17. The molecular formula is C11H17N. The van der Waals surface area contributed by atoms with Crippen LogP contribution in [0.15, 0.2) is 23.9 Å². The summed E-state index contributed by atoms with van der Waals surface area (Å²) in [5.41, 5.74) is 1.40. The Labute approximate surface area is 74.8 Å². The van der Waals surface area contributed by atoms with Crippen molar-refractivity contribution in [2.45, 2.75) is 38.6 Å². The summed E-state index contributed by atoms with van der Waals surface area (Å²) in [5.74, 6) is 0. The van der Waals surface area contributed by atoms with Crippen molar-refractivity contribution in [1.29, 1.82) is 0 Å². The monoisotopic (exact) mass is 163 g/mol. The molecule has 1 saturated heterocycles. The number of nitrogens with zero attached hydrogens (tertiary/aromatic N) is 1. The lowest BCUT2D eigenvalue weighted by Crippen LogP contribution is -2.30. The van der Waals surface area contributed by atoms with Gasteiger partial charge >= 0.3 is 0 Å². The molecule has 1 fully saturated rings. The Morgan fingerprint density at radius 1 is 1.33 bits per heavy atom. The number of allylic oxidation sites excluding steroid dienone is 2. The summed E-state index contributed by atoms with van der Waals surface area (Å²) in [7, 11) is 0. The molecule has 2 aliphatic rings. The van der Waals surface area contributed by atoms with Gasteiger partial charge in [-0.15, -0.1) is 0 Å². The Balaban J connectivity index is 2.11. The van der Waals surface area contributed by atoms with Gasteiger partial charge in [0.05, 0.1) is 0 Å². The van der Waals surface area contributed by atoms with Gasteiger partial charge in [0.25, 0.3) is 0 Å². The van der Waals surface area contributed by atoms with E-state index in [1.54, 1.807) is 0 Å². The molecule has 12 heavy (non-hydrogen) atoms. The number of rotatable bonds is 0. The van der Waals surface area contributed by atoms with E-state index >= 15 is 0 Å². The van der Waals surface area contributed by atoms with Crippen LogP contribution in [0.3, 0.4) is 0 Å². The van der Waals surface area contributed by atoms with Crippen molar-refractivity contribution in [3.8, 4) is 0 Å². The maximum atomic E-state index is 2.50. The zero-order chi connectivity index (χ0) is 8.39. The molecule has 1 atom stereocenters. The largest absolute Gasteiger partial charge is 0.371 e. The van der Waals surface area contributed by atoms with E-state index < -0.39 is 0 Å². The Morgan fingerprint density at radius 3 is 3.17 bits per heavy atom. The molecule has 2 aliphatic heterocycles. The molecule has 66 valence electrons. The highest BCUT2D eigenvalue weighted by Crippen LogP contribution is 2.22. The van der Waals surface area contributed by atoms with Gasteiger partial charge < -0.3 is 4.90 Å². The predicted molar refractivity (Wildman–Crippen MR) is 51.9 cm³/mol. The molecule has 0 spiro atoms. The minimum absolute atomic E-state index is 0.705. The average molecular weight is 163 g/mol. The van der Waals surface area contributed by atoms with Crippen LogP contribution in [0, 0.1) is 0 Å². The van der Waals surface area contributed by atoms with Crippen LogP contribution in [0.4, 0.5) is 0 Å². The van der Waals surface area contributed by atoms with Crippen LogP contribution in [-0.2, 0) is 0 Å². The maximum Gasteiger partial charge on any atom is 0.0470 e. The fourth-order valence-corrected chi connectivity index (χ4v) is 2.09. The molecule has 2 rings (SSSR count). The van der Waals surface area contributed by atoms with E-state index in [1.807, 2.05) is 0 Å². The average Bonchev–Trinajstić information content (AvgIpc) is 2.28. The second-order valence-electron chi connectivity index (χ2n) is 3.89. The van der Waals surface area contributed by atoms with E-state index in [0.717, 1.165) is 0 Å². The smallest absolute Gasteiger partial charge is 0.0470 e. The lowest BCUT2D eigenvalue weighted by atomic mass is 10.1. The fraction of sp³-hybridized carbons (Fsp3) is 0.636. The topological polar surface area (TPSA) is 3.24 Å². The zero-order valence-corrected chi connectivity index (χ0v) is 7.79. The first-order valence-corrected chi connectivity index (χ1v) is 4.98. The van der Waals surface area contributed by atoms with Gasteiger partial charge in [0.15, 0.2) is 0 Å². The molecule has 0 N–H and O–H groups in total. The van der Waals surface area contributed by atoms with E-state index in [0.29, 0.717) is 6.04 Å². The predicted octanol–water partition coefficient (Wildman–Crippen LogP) is 2.70.